The highest BCUT2D eigenvalue weighted by molar-refractivity contribution is 5.27. The second-order valence-electron chi connectivity index (χ2n) is 5.48. The molecule has 0 spiro atoms. The van der Waals surface area contributed by atoms with Crippen LogP contribution in [-0.2, 0) is 0 Å². The monoisotopic (exact) mass is 232 g/mol. The second kappa shape index (κ2) is 5.68. The van der Waals surface area contributed by atoms with Crippen LogP contribution in [0.25, 0.3) is 0 Å². The molecule has 0 aliphatic heterocycles. The van der Waals surface area contributed by atoms with E-state index in [0.717, 1.165) is 25.7 Å². The van der Waals surface area contributed by atoms with Crippen LogP contribution in [0.15, 0.2) is 24.3 Å². The van der Waals surface area contributed by atoms with E-state index in [-0.39, 0.29) is 6.10 Å². The van der Waals surface area contributed by atoms with E-state index >= 15 is 0 Å². The molecule has 0 aromatic heterocycles. The van der Waals surface area contributed by atoms with E-state index in [9.17, 15) is 5.11 Å². The van der Waals surface area contributed by atoms with Crippen molar-refractivity contribution in [1.82, 2.24) is 0 Å². The first-order valence-electron chi connectivity index (χ1n) is 6.98. The van der Waals surface area contributed by atoms with Crippen LogP contribution < -0.4 is 0 Å². The minimum Gasteiger partial charge on any atom is -0.393 e. The highest BCUT2D eigenvalue weighted by atomic mass is 16.3. The van der Waals surface area contributed by atoms with Crippen molar-refractivity contribution >= 4 is 0 Å². The van der Waals surface area contributed by atoms with Gasteiger partial charge in [0.2, 0.25) is 0 Å². The lowest BCUT2D eigenvalue weighted by Gasteiger charge is -2.26. The van der Waals surface area contributed by atoms with Crippen molar-refractivity contribution < 1.29 is 5.11 Å². The fourth-order valence-electron chi connectivity index (χ4n) is 2.74. The van der Waals surface area contributed by atoms with Gasteiger partial charge in [-0.3, -0.25) is 0 Å². The number of hydrogen-bond donors (Lipinski definition) is 1. The number of benzene rings is 1. The molecule has 0 heterocycles. The van der Waals surface area contributed by atoms with Crippen molar-refractivity contribution in [1.29, 1.82) is 0 Å². The zero-order valence-electron chi connectivity index (χ0n) is 11.0. The van der Waals surface area contributed by atoms with Crippen LogP contribution in [0.3, 0.4) is 0 Å². The fraction of sp³-hybridized carbons (Fsp3) is 0.625. The Kier molecular flexibility index (Phi) is 4.22. The van der Waals surface area contributed by atoms with Gasteiger partial charge in [0.15, 0.2) is 0 Å². The Labute approximate surface area is 105 Å². The van der Waals surface area contributed by atoms with Crippen molar-refractivity contribution in [2.45, 2.75) is 63.9 Å². The predicted octanol–water partition coefficient (Wildman–Crippen LogP) is 4.22. The van der Waals surface area contributed by atoms with E-state index in [0.29, 0.717) is 11.8 Å². The maximum atomic E-state index is 9.52. The summed E-state index contributed by atoms with van der Waals surface area (Å²) in [6.45, 7) is 4.52. The molecule has 1 N–H and O–H groups in total. The molecule has 0 bridgehead atoms. The minimum atomic E-state index is -0.0503. The van der Waals surface area contributed by atoms with Gasteiger partial charge in [-0.25, -0.2) is 0 Å². The van der Waals surface area contributed by atoms with Gasteiger partial charge < -0.3 is 5.11 Å². The zero-order valence-corrected chi connectivity index (χ0v) is 11.0. The topological polar surface area (TPSA) is 20.2 Å². The summed E-state index contributed by atoms with van der Waals surface area (Å²) in [6, 6.07) is 9.16. The van der Waals surface area contributed by atoms with Crippen molar-refractivity contribution in [3.63, 3.8) is 0 Å². The van der Waals surface area contributed by atoms with E-state index in [1.54, 1.807) is 0 Å². The van der Waals surface area contributed by atoms with Gasteiger partial charge in [-0.2, -0.15) is 0 Å². The Morgan fingerprint density at radius 1 is 1.12 bits per heavy atom. The first kappa shape index (κ1) is 12.6. The number of hydrogen-bond acceptors (Lipinski definition) is 1. The van der Waals surface area contributed by atoms with E-state index in [1.165, 1.54) is 17.5 Å². The lowest BCUT2D eigenvalue weighted by molar-refractivity contribution is 0.122. The molecule has 1 aromatic rings. The van der Waals surface area contributed by atoms with Gasteiger partial charge in [0.25, 0.3) is 0 Å². The highest BCUT2D eigenvalue weighted by Crippen LogP contribution is 2.33. The van der Waals surface area contributed by atoms with Gasteiger partial charge in [-0.1, -0.05) is 38.1 Å². The zero-order chi connectivity index (χ0) is 12.3. The molecule has 1 atom stereocenters. The average molecular weight is 232 g/mol. The van der Waals surface area contributed by atoms with Gasteiger partial charge in [-0.05, 0) is 55.1 Å². The minimum absolute atomic E-state index is 0.0503. The molecule has 0 saturated heterocycles. The molecule has 94 valence electrons. The van der Waals surface area contributed by atoms with Crippen LogP contribution in [-0.4, -0.2) is 11.2 Å². The Hall–Kier alpha value is -0.820. The van der Waals surface area contributed by atoms with Crippen molar-refractivity contribution in [3.8, 4) is 0 Å². The molecule has 0 amide bonds. The van der Waals surface area contributed by atoms with E-state index in [4.69, 9.17) is 0 Å². The maximum absolute atomic E-state index is 9.52. The van der Waals surface area contributed by atoms with Crippen LogP contribution in [0.4, 0.5) is 0 Å². The molecule has 1 heteroatoms. The highest BCUT2D eigenvalue weighted by Gasteiger charge is 2.20. The standard InChI is InChI=1S/C16H24O/c1-3-12(2)13-4-6-14(7-5-13)15-8-10-16(17)11-9-15/h4-7,12,15-17H,3,8-11H2,1-2H3. The molecule has 2 rings (SSSR count). The summed E-state index contributed by atoms with van der Waals surface area (Å²) in [4.78, 5) is 0. The summed E-state index contributed by atoms with van der Waals surface area (Å²) in [7, 11) is 0. The first-order valence-corrected chi connectivity index (χ1v) is 6.98. The van der Waals surface area contributed by atoms with Crippen LogP contribution in [0.5, 0.6) is 0 Å². The van der Waals surface area contributed by atoms with Crippen LogP contribution in [0.2, 0.25) is 0 Å². The molecule has 1 saturated carbocycles. The molecular weight excluding hydrogens is 208 g/mol. The van der Waals surface area contributed by atoms with Gasteiger partial charge in [0, 0.05) is 0 Å². The summed E-state index contributed by atoms with van der Waals surface area (Å²) in [5, 5.41) is 9.52. The molecule has 0 radical (unpaired) electrons. The number of aliphatic hydroxyl groups is 1. The molecule has 1 aliphatic carbocycles. The fourth-order valence-corrected chi connectivity index (χ4v) is 2.74. The molecule has 17 heavy (non-hydrogen) atoms. The third-order valence-corrected chi connectivity index (χ3v) is 4.29. The lowest BCUT2D eigenvalue weighted by Crippen LogP contribution is -2.16. The van der Waals surface area contributed by atoms with Gasteiger partial charge >= 0.3 is 0 Å². The van der Waals surface area contributed by atoms with Gasteiger partial charge in [-0.15, -0.1) is 0 Å². The summed E-state index contributed by atoms with van der Waals surface area (Å²) >= 11 is 0. The molecule has 1 fully saturated rings. The van der Waals surface area contributed by atoms with E-state index in [2.05, 4.69) is 38.1 Å². The SMILES string of the molecule is CCC(C)c1ccc(C2CCC(O)CC2)cc1. The van der Waals surface area contributed by atoms with Gasteiger partial charge in [0.1, 0.15) is 0 Å². The smallest absolute Gasteiger partial charge is 0.0540 e. The molecule has 1 nitrogen and oxygen atoms in total. The van der Waals surface area contributed by atoms with Crippen molar-refractivity contribution in [3.05, 3.63) is 35.4 Å². The quantitative estimate of drug-likeness (QED) is 0.827. The number of aliphatic hydroxyl groups excluding tert-OH is 1. The summed E-state index contributed by atoms with van der Waals surface area (Å²) in [5.41, 5.74) is 2.91. The Morgan fingerprint density at radius 3 is 2.24 bits per heavy atom. The number of rotatable bonds is 3. The Balaban J connectivity index is 2.02. The molecule has 1 unspecified atom stereocenters. The summed E-state index contributed by atoms with van der Waals surface area (Å²) < 4.78 is 0. The average Bonchev–Trinajstić information content (AvgIpc) is 2.39. The largest absolute Gasteiger partial charge is 0.393 e. The third-order valence-electron chi connectivity index (χ3n) is 4.29. The summed E-state index contributed by atoms with van der Waals surface area (Å²) in [6.07, 6.45) is 5.38. The van der Waals surface area contributed by atoms with Gasteiger partial charge in [0.05, 0.1) is 6.10 Å². The Bertz CT molecular complexity index is 333. The lowest BCUT2D eigenvalue weighted by atomic mass is 9.82. The summed E-state index contributed by atoms with van der Waals surface area (Å²) in [5.74, 6) is 1.33. The van der Waals surface area contributed by atoms with Crippen LogP contribution in [0, 0.1) is 0 Å². The molecular formula is C16H24O. The van der Waals surface area contributed by atoms with E-state index < -0.39 is 0 Å². The van der Waals surface area contributed by atoms with Crippen molar-refractivity contribution in [2.75, 3.05) is 0 Å². The second-order valence-corrected chi connectivity index (χ2v) is 5.48. The molecule has 1 aromatic carbocycles. The third kappa shape index (κ3) is 3.10. The maximum Gasteiger partial charge on any atom is 0.0540 e. The Morgan fingerprint density at radius 2 is 1.71 bits per heavy atom. The predicted molar refractivity (Wildman–Crippen MR) is 72.4 cm³/mol. The van der Waals surface area contributed by atoms with Crippen molar-refractivity contribution in [2.24, 2.45) is 0 Å². The normalized spacial score (nSPS) is 26.8. The van der Waals surface area contributed by atoms with Crippen LogP contribution >= 0.6 is 0 Å². The first-order chi connectivity index (χ1) is 8.20. The van der Waals surface area contributed by atoms with Crippen LogP contribution in [0.1, 0.15) is 68.9 Å². The molecule has 1 aliphatic rings. The van der Waals surface area contributed by atoms with E-state index in [1.807, 2.05) is 0 Å².